The van der Waals surface area contributed by atoms with Crippen molar-refractivity contribution in [2.24, 2.45) is 0 Å². The molecule has 1 amide bonds. The molecule has 4 rings (SSSR count). The predicted molar refractivity (Wildman–Crippen MR) is 126 cm³/mol. The molecule has 0 aliphatic heterocycles. The van der Waals surface area contributed by atoms with Gasteiger partial charge in [0.15, 0.2) is 11.6 Å². The van der Waals surface area contributed by atoms with Crippen LogP contribution in [0.2, 0.25) is 0 Å². The molecule has 2 heterocycles. The number of methoxy groups -OCH3 is 1. The van der Waals surface area contributed by atoms with Crippen LogP contribution in [0.4, 0.5) is 5.82 Å². The fourth-order valence-electron chi connectivity index (χ4n) is 3.69. The summed E-state index contributed by atoms with van der Waals surface area (Å²) >= 11 is 0. The predicted octanol–water partition coefficient (Wildman–Crippen LogP) is 5.12. The fraction of sp³-hybridized carbons (Fsp3) is 0.280. The second kappa shape index (κ2) is 9.60. The van der Waals surface area contributed by atoms with Gasteiger partial charge in [0.25, 0.3) is 5.91 Å². The molecule has 0 bridgehead atoms. The Morgan fingerprint density at radius 1 is 1.06 bits per heavy atom. The summed E-state index contributed by atoms with van der Waals surface area (Å²) in [6.45, 7) is 4.11. The minimum Gasteiger partial charge on any atom is -0.497 e. The lowest BCUT2D eigenvalue weighted by molar-refractivity contribution is 0.102. The highest BCUT2D eigenvalue weighted by Crippen LogP contribution is 2.24. The van der Waals surface area contributed by atoms with Crippen LogP contribution in [0.1, 0.15) is 47.9 Å². The quantitative estimate of drug-likeness (QED) is 0.393. The number of rotatable bonds is 8. The second-order valence-corrected chi connectivity index (χ2v) is 7.72. The van der Waals surface area contributed by atoms with Gasteiger partial charge in [-0.3, -0.25) is 9.36 Å². The molecule has 0 saturated heterocycles. The van der Waals surface area contributed by atoms with E-state index in [9.17, 15) is 4.79 Å². The molecular weight excluding hydrogens is 402 g/mol. The van der Waals surface area contributed by atoms with E-state index in [1.54, 1.807) is 19.5 Å². The summed E-state index contributed by atoms with van der Waals surface area (Å²) in [4.78, 5) is 26.0. The first kappa shape index (κ1) is 21.5. The lowest BCUT2D eigenvalue weighted by Crippen LogP contribution is -2.13. The fourth-order valence-corrected chi connectivity index (χ4v) is 3.69. The van der Waals surface area contributed by atoms with Crippen molar-refractivity contribution in [1.82, 2.24) is 19.5 Å². The summed E-state index contributed by atoms with van der Waals surface area (Å²) in [5, 5.41) is 2.82. The zero-order valence-electron chi connectivity index (χ0n) is 18.6. The first-order valence-electron chi connectivity index (χ1n) is 10.8. The molecule has 0 spiro atoms. The maximum absolute atomic E-state index is 12.6. The van der Waals surface area contributed by atoms with Crippen LogP contribution in [0.25, 0.3) is 16.9 Å². The van der Waals surface area contributed by atoms with E-state index in [1.807, 2.05) is 54.0 Å². The highest BCUT2D eigenvalue weighted by atomic mass is 16.5. The third-order valence-electron chi connectivity index (χ3n) is 5.42. The summed E-state index contributed by atoms with van der Waals surface area (Å²) in [5.41, 5.74) is 3.58. The van der Waals surface area contributed by atoms with Crippen molar-refractivity contribution in [3.63, 3.8) is 0 Å². The number of aromatic nitrogens is 4. The molecule has 32 heavy (non-hydrogen) atoms. The first-order chi connectivity index (χ1) is 15.6. The molecule has 1 N–H and O–H groups in total. The molecule has 0 radical (unpaired) electrons. The van der Waals surface area contributed by atoms with E-state index in [4.69, 9.17) is 4.74 Å². The minimum atomic E-state index is -0.205. The van der Waals surface area contributed by atoms with E-state index in [2.05, 4.69) is 27.2 Å². The number of fused-ring (bicyclic) bond motifs is 1. The van der Waals surface area contributed by atoms with Crippen LogP contribution < -0.4 is 10.1 Å². The molecule has 0 aliphatic carbocycles. The van der Waals surface area contributed by atoms with Gasteiger partial charge in [-0.15, -0.1) is 0 Å². The number of nitrogens with zero attached hydrogens (tertiary/aromatic N) is 4. The van der Waals surface area contributed by atoms with E-state index in [-0.39, 0.29) is 5.91 Å². The van der Waals surface area contributed by atoms with Gasteiger partial charge in [0.05, 0.1) is 30.5 Å². The van der Waals surface area contributed by atoms with Crippen molar-refractivity contribution < 1.29 is 9.53 Å². The second-order valence-electron chi connectivity index (χ2n) is 7.72. The van der Waals surface area contributed by atoms with Gasteiger partial charge in [-0.25, -0.2) is 15.0 Å². The molecule has 0 atom stereocenters. The monoisotopic (exact) mass is 429 g/mol. The highest BCUT2D eigenvalue weighted by molar-refractivity contribution is 6.03. The Balaban J connectivity index is 1.47. The van der Waals surface area contributed by atoms with Crippen LogP contribution in [0, 0.1) is 6.92 Å². The molecular formula is C25H27N5O2. The Labute approximate surface area is 187 Å². The lowest BCUT2D eigenvalue weighted by Gasteiger charge is -2.08. The normalized spacial score (nSPS) is 11.0. The molecule has 0 saturated carbocycles. The van der Waals surface area contributed by atoms with E-state index in [0.29, 0.717) is 17.2 Å². The molecule has 4 aromatic rings. The summed E-state index contributed by atoms with van der Waals surface area (Å²) in [6, 6.07) is 13.5. The third-order valence-corrected chi connectivity index (χ3v) is 5.42. The van der Waals surface area contributed by atoms with Gasteiger partial charge < -0.3 is 10.1 Å². The Kier molecular flexibility index (Phi) is 6.44. The maximum Gasteiger partial charge on any atom is 0.256 e. The molecule has 164 valence electrons. The van der Waals surface area contributed by atoms with E-state index >= 15 is 0 Å². The molecule has 7 nitrogen and oxygen atoms in total. The van der Waals surface area contributed by atoms with Crippen molar-refractivity contribution >= 4 is 22.8 Å². The van der Waals surface area contributed by atoms with Gasteiger partial charge >= 0.3 is 0 Å². The SMILES string of the molecule is CCCCCc1ccc(C(=O)Nc2cnc(-n3c(C)nc4cc(OC)ccc43)cn2)cc1. The summed E-state index contributed by atoms with van der Waals surface area (Å²) in [5.74, 6) is 2.36. The van der Waals surface area contributed by atoms with Gasteiger partial charge in [-0.1, -0.05) is 31.9 Å². The van der Waals surface area contributed by atoms with Crippen LogP contribution in [0.3, 0.4) is 0 Å². The summed E-state index contributed by atoms with van der Waals surface area (Å²) in [7, 11) is 1.63. The number of imidazole rings is 1. The van der Waals surface area contributed by atoms with E-state index in [1.165, 1.54) is 24.8 Å². The van der Waals surface area contributed by atoms with Crippen molar-refractivity contribution in [3.05, 3.63) is 71.8 Å². The minimum absolute atomic E-state index is 0.205. The largest absolute Gasteiger partial charge is 0.497 e. The number of hydrogen-bond acceptors (Lipinski definition) is 5. The molecule has 0 aliphatic rings. The van der Waals surface area contributed by atoms with Gasteiger partial charge in [0, 0.05) is 11.6 Å². The van der Waals surface area contributed by atoms with Gasteiger partial charge in [-0.2, -0.15) is 0 Å². The van der Waals surface area contributed by atoms with Crippen LogP contribution in [0.5, 0.6) is 5.75 Å². The van der Waals surface area contributed by atoms with Crippen LogP contribution >= 0.6 is 0 Å². The Bertz CT molecular complexity index is 1210. The van der Waals surface area contributed by atoms with Gasteiger partial charge in [-0.05, 0) is 49.6 Å². The Morgan fingerprint density at radius 3 is 2.56 bits per heavy atom. The maximum atomic E-state index is 12.6. The number of amides is 1. The molecule has 2 aromatic carbocycles. The smallest absolute Gasteiger partial charge is 0.256 e. The van der Waals surface area contributed by atoms with Crippen molar-refractivity contribution in [1.29, 1.82) is 0 Å². The first-order valence-corrected chi connectivity index (χ1v) is 10.8. The van der Waals surface area contributed by atoms with Crippen molar-refractivity contribution in [2.75, 3.05) is 12.4 Å². The number of hydrogen-bond donors (Lipinski definition) is 1. The Morgan fingerprint density at radius 2 is 1.88 bits per heavy atom. The van der Waals surface area contributed by atoms with Gasteiger partial charge in [0.2, 0.25) is 0 Å². The van der Waals surface area contributed by atoms with Crippen LogP contribution in [-0.2, 0) is 6.42 Å². The van der Waals surface area contributed by atoms with Crippen LogP contribution in [0.15, 0.2) is 54.9 Å². The molecule has 2 aromatic heterocycles. The lowest BCUT2D eigenvalue weighted by atomic mass is 10.1. The average molecular weight is 430 g/mol. The van der Waals surface area contributed by atoms with E-state index < -0.39 is 0 Å². The number of unbranched alkanes of at least 4 members (excludes halogenated alkanes) is 2. The summed E-state index contributed by atoms with van der Waals surface area (Å²) < 4.78 is 7.20. The van der Waals surface area contributed by atoms with E-state index in [0.717, 1.165) is 29.0 Å². The number of carbonyl (C=O) groups excluding carboxylic acids is 1. The number of benzene rings is 2. The number of ether oxygens (including phenoxy) is 1. The molecule has 7 heteroatoms. The molecule has 0 unspecified atom stereocenters. The topological polar surface area (TPSA) is 81.9 Å². The number of anilines is 1. The third kappa shape index (κ3) is 4.61. The molecule has 0 fully saturated rings. The van der Waals surface area contributed by atoms with Crippen molar-refractivity contribution in [2.45, 2.75) is 39.5 Å². The highest BCUT2D eigenvalue weighted by Gasteiger charge is 2.13. The standard InChI is InChI=1S/C25H27N5O2/c1-4-5-6-7-18-8-10-19(11-9-18)25(31)29-23-15-27-24(16-26-23)30-17(2)28-21-14-20(32-3)12-13-22(21)30/h8-16H,4-7H2,1-3H3,(H,26,29,31). The van der Waals surface area contributed by atoms with Crippen LogP contribution in [-0.4, -0.2) is 32.5 Å². The summed E-state index contributed by atoms with van der Waals surface area (Å²) in [6.07, 6.45) is 7.82. The number of nitrogens with one attached hydrogen (secondary N) is 1. The number of carbonyl (C=O) groups is 1. The van der Waals surface area contributed by atoms with Gasteiger partial charge in [0.1, 0.15) is 11.6 Å². The van der Waals surface area contributed by atoms with Crippen molar-refractivity contribution in [3.8, 4) is 11.6 Å². The zero-order chi connectivity index (χ0) is 22.5. The Hall–Kier alpha value is -3.74. The number of aryl methyl sites for hydroxylation is 2. The average Bonchev–Trinajstić information content (AvgIpc) is 3.15. The zero-order valence-corrected chi connectivity index (χ0v) is 18.6.